The van der Waals surface area contributed by atoms with Crippen LogP contribution in [0, 0.1) is 0 Å². The van der Waals surface area contributed by atoms with Crippen molar-refractivity contribution in [2.24, 2.45) is 0 Å². The van der Waals surface area contributed by atoms with Crippen molar-refractivity contribution < 1.29 is 14.6 Å². The van der Waals surface area contributed by atoms with Gasteiger partial charge in [-0.2, -0.15) is 0 Å². The van der Waals surface area contributed by atoms with Crippen LogP contribution in [-0.2, 0) is 4.74 Å². The average Bonchev–Trinajstić information content (AvgIpc) is 2.32. The zero-order valence-electron chi connectivity index (χ0n) is 9.35. The number of carboxylic acids is 1. The number of rotatable bonds is 1. The van der Waals surface area contributed by atoms with E-state index in [1.165, 1.54) is 0 Å². The SMILES string of the molecule is CC1CNCCO1.O=C(O)c1ccccc1. The number of carbonyl (C=O) groups is 1. The molecule has 0 bridgehead atoms. The van der Waals surface area contributed by atoms with Gasteiger partial charge in [0.15, 0.2) is 0 Å². The van der Waals surface area contributed by atoms with Gasteiger partial charge in [0.2, 0.25) is 0 Å². The summed E-state index contributed by atoms with van der Waals surface area (Å²) in [6, 6.07) is 8.30. The molecule has 0 saturated carbocycles. The highest BCUT2D eigenvalue weighted by atomic mass is 16.5. The van der Waals surface area contributed by atoms with E-state index in [4.69, 9.17) is 9.84 Å². The van der Waals surface area contributed by atoms with Gasteiger partial charge in [-0.25, -0.2) is 4.79 Å². The molecule has 2 rings (SSSR count). The third-order valence-electron chi connectivity index (χ3n) is 2.13. The Morgan fingerprint density at radius 1 is 1.44 bits per heavy atom. The molecule has 2 N–H and O–H groups in total. The van der Waals surface area contributed by atoms with Gasteiger partial charge in [-0.1, -0.05) is 18.2 Å². The molecule has 4 nitrogen and oxygen atoms in total. The average molecular weight is 223 g/mol. The van der Waals surface area contributed by atoms with Crippen LogP contribution in [0.5, 0.6) is 0 Å². The lowest BCUT2D eigenvalue weighted by Crippen LogP contribution is -2.36. The maximum absolute atomic E-state index is 10.2. The fourth-order valence-corrected chi connectivity index (χ4v) is 1.28. The van der Waals surface area contributed by atoms with Gasteiger partial charge in [0.25, 0.3) is 0 Å². The molecule has 0 spiro atoms. The van der Waals surface area contributed by atoms with Crippen LogP contribution in [0.3, 0.4) is 0 Å². The van der Waals surface area contributed by atoms with E-state index in [0.29, 0.717) is 11.7 Å². The van der Waals surface area contributed by atoms with E-state index >= 15 is 0 Å². The quantitative estimate of drug-likeness (QED) is 0.755. The smallest absolute Gasteiger partial charge is 0.335 e. The number of aromatic carboxylic acids is 1. The number of carboxylic acid groups (broad SMARTS) is 1. The lowest BCUT2D eigenvalue weighted by Gasteiger charge is -2.18. The number of benzene rings is 1. The highest BCUT2D eigenvalue weighted by Gasteiger charge is 2.04. The van der Waals surface area contributed by atoms with Crippen molar-refractivity contribution in [1.82, 2.24) is 5.32 Å². The zero-order chi connectivity index (χ0) is 11.8. The first-order chi connectivity index (χ1) is 7.70. The van der Waals surface area contributed by atoms with Crippen molar-refractivity contribution in [2.45, 2.75) is 13.0 Å². The minimum Gasteiger partial charge on any atom is -0.478 e. The van der Waals surface area contributed by atoms with E-state index in [1.807, 2.05) is 0 Å². The molecule has 1 aromatic rings. The summed E-state index contributed by atoms with van der Waals surface area (Å²) in [5.74, 6) is -0.879. The maximum atomic E-state index is 10.2. The molecule has 1 heterocycles. The summed E-state index contributed by atoms with van der Waals surface area (Å²) < 4.78 is 5.22. The first-order valence-electron chi connectivity index (χ1n) is 5.31. The molecule has 0 aliphatic carbocycles. The highest BCUT2D eigenvalue weighted by Crippen LogP contribution is 1.96. The van der Waals surface area contributed by atoms with Crippen LogP contribution in [0.15, 0.2) is 30.3 Å². The van der Waals surface area contributed by atoms with Gasteiger partial charge >= 0.3 is 5.97 Å². The van der Waals surface area contributed by atoms with Crippen molar-refractivity contribution in [3.05, 3.63) is 35.9 Å². The fourth-order valence-electron chi connectivity index (χ4n) is 1.28. The predicted molar refractivity (Wildman–Crippen MR) is 61.7 cm³/mol. The summed E-state index contributed by atoms with van der Waals surface area (Å²) in [7, 11) is 0. The van der Waals surface area contributed by atoms with Gasteiger partial charge < -0.3 is 15.2 Å². The fraction of sp³-hybridized carbons (Fsp3) is 0.417. The molecule has 88 valence electrons. The Bertz CT molecular complexity index is 307. The van der Waals surface area contributed by atoms with E-state index in [0.717, 1.165) is 19.7 Å². The topological polar surface area (TPSA) is 58.6 Å². The Kier molecular flexibility index (Phi) is 5.53. The molecule has 16 heavy (non-hydrogen) atoms. The largest absolute Gasteiger partial charge is 0.478 e. The van der Waals surface area contributed by atoms with Crippen LogP contribution in [0.1, 0.15) is 17.3 Å². The monoisotopic (exact) mass is 223 g/mol. The van der Waals surface area contributed by atoms with E-state index in [-0.39, 0.29) is 0 Å². The number of ether oxygens (including phenoxy) is 1. The molecule has 1 unspecified atom stereocenters. The molecule has 4 heteroatoms. The lowest BCUT2D eigenvalue weighted by atomic mass is 10.2. The summed E-state index contributed by atoms with van der Waals surface area (Å²) in [5.41, 5.74) is 0.331. The Balaban J connectivity index is 0.000000165. The highest BCUT2D eigenvalue weighted by molar-refractivity contribution is 5.87. The Hall–Kier alpha value is -1.39. The molecule has 1 saturated heterocycles. The predicted octanol–water partition coefficient (Wildman–Crippen LogP) is 1.38. The third-order valence-corrected chi connectivity index (χ3v) is 2.13. The third kappa shape index (κ3) is 4.91. The van der Waals surface area contributed by atoms with Gasteiger partial charge in [-0.3, -0.25) is 0 Å². The summed E-state index contributed by atoms with van der Waals surface area (Å²) in [6.45, 7) is 4.98. The standard InChI is InChI=1S/C7H6O2.C5H11NO/c8-7(9)6-4-2-1-3-5-6;1-5-4-6-2-3-7-5/h1-5H,(H,8,9);5-6H,2-4H2,1H3. The summed E-state index contributed by atoms with van der Waals surface area (Å²) in [5, 5.41) is 11.6. The Morgan fingerprint density at radius 3 is 2.44 bits per heavy atom. The zero-order valence-corrected chi connectivity index (χ0v) is 9.35. The van der Waals surface area contributed by atoms with Crippen LogP contribution in [0.2, 0.25) is 0 Å². The van der Waals surface area contributed by atoms with Crippen LogP contribution >= 0.6 is 0 Å². The first kappa shape index (κ1) is 12.7. The second kappa shape index (κ2) is 6.98. The number of nitrogens with one attached hydrogen (secondary N) is 1. The van der Waals surface area contributed by atoms with Crippen LogP contribution in [-0.4, -0.2) is 36.9 Å². The van der Waals surface area contributed by atoms with Crippen LogP contribution in [0.4, 0.5) is 0 Å². The second-order valence-electron chi connectivity index (χ2n) is 3.56. The van der Waals surface area contributed by atoms with E-state index in [9.17, 15) is 4.79 Å². The molecular weight excluding hydrogens is 206 g/mol. The van der Waals surface area contributed by atoms with Crippen LogP contribution in [0.25, 0.3) is 0 Å². The Morgan fingerprint density at radius 2 is 2.12 bits per heavy atom. The maximum Gasteiger partial charge on any atom is 0.335 e. The van der Waals surface area contributed by atoms with Gasteiger partial charge in [0, 0.05) is 13.1 Å². The minimum atomic E-state index is -0.879. The van der Waals surface area contributed by atoms with Crippen molar-refractivity contribution >= 4 is 5.97 Å². The van der Waals surface area contributed by atoms with E-state index in [1.54, 1.807) is 30.3 Å². The molecular formula is C12H17NO3. The first-order valence-corrected chi connectivity index (χ1v) is 5.31. The van der Waals surface area contributed by atoms with Crippen LogP contribution < -0.4 is 5.32 Å². The number of hydrogen-bond donors (Lipinski definition) is 2. The van der Waals surface area contributed by atoms with Crippen molar-refractivity contribution in [2.75, 3.05) is 19.7 Å². The molecule has 1 aliphatic rings. The van der Waals surface area contributed by atoms with Gasteiger partial charge in [0.05, 0.1) is 18.3 Å². The second-order valence-corrected chi connectivity index (χ2v) is 3.56. The van der Waals surface area contributed by atoms with E-state index in [2.05, 4.69) is 12.2 Å². The van der Waals surface area contributed by atoms with E-state index < -0.39 is 5.97 Å². The molecule has 1 atom stereocenters. The Labute approximate surface area is 95.2 Å². The van der Waals surface area contributed by atoms with Crippen molar-refractivity contribution in [1.29, 1.82) is 0 Å². The summed E-state index contributed by atoms with van der Waals surface area (Å²) >= 11 is 0. The normalized spacial score (nSPS) is 19.4. The van der Waals surface area contributed by atoms with Gasteiger partial charge in [-0.05, 0) is 19.1 Å². The number of morpholine rings is 1. The summed E-state index contributed by atoms with van der Waals surface area (Å²) in [6.07, 6.45) is 0.425. The van der Waals surface area contributed by atoms with Crippen molar-refractivity contribution in [3.8, 4) is 0 Å². The molecule has 0 amide bonds. The minimum absolute atomic E-state index is 0.331. The molecule has 1 aliphatic heterocycles. The van der Waals surface area contributed by atoms with Gasteiger partial charge in [0.1, 0.15) is 0 Å². The van der Waals surface area contributed by atoms with Gasteiger partial charge in [-0.15, -0.1) is 0 Å². The lowest BCUT2D eigenvalue weighted by molar-refractivity contribution is 0.0410. The van der Waals surface area contributed by atoms with Crippen molar-refractivity contribution in [3.63, 3.8) is 0 Å². The molecule has 0 aromatic heterocycles. The molecule has 1 aromatic carbocycles. The molecule has 0 radical (unpaired) electrons. The summed E-state index contributed by atoms with van der Waals surface area (Å²) in [4.78, 5) is 10.2. The number of hydrogen-bond acceptors (Lipinski definition) is 3. The molecule has 1 fully saturated rings.